The predicted octanol–water partition coefficient (Wildman–Crippen LogP) is 1.53. The standard InChI is InChI=1S/C20H23N7O2/c1-3-26-12-16(9-22-26)19(28)21-10-17-18-13-25(11-15-7-5-4-6-8-15)20(29)14(2)27(18)24-23-17/h4-9,12,14H,3,10-11,13H2,1-2H3,(H,21,28). The Morgan fingerprint density at radius 2 is 2.07 bits per heavy atom. The second kappa shape index (κ2) is 7.86. The number of fused-ring (bicyclic) bond motifs is 1. The van der Waals surface area contributed by atoms with Crippen molar-refractivity contribution in [1.29, 1.82) is 0 Å². The van der Waals surface area contributed by atoms with E-state index in [4.69, 9.17) is 0 Å². The first-order chi connectivity index (χ1) is 14.1. The second-order valence-corrected chi connectivity index (χ2v) is 7.05. The van der Waals surface area contributed by atoms with E-state index in [1.165, 1.54) is 0 Å². The third kappa shape index (κ3) is 3.75. The van der Waals surface area contributed by atoms with Crippen molar-refractivity contribution in [2.75, 3.05) is 0 Å². The van der Waals surface area contributed by atoms with Crippen LogP contribution in [0.15, 0.2) is 42.7 Å². The van der Waals surface area contributed by atoms with Crippen molar-refractivity contribution >= 4 is 11.8 Å². The summed E-state index contributed by atoms with van der Waals surface area (Å²) >= 11 is 0. The molecule has 1 atom stereocenters. The van der Waals surface area contributed by atoms with Crippen molar-refractivity contribution in [2.45, 2.75) is 46.1 Å². The Bertz CT molecular complexity index is 1020. The van der Waals surface area contributed by atoms with Gasteiger partial charge in [-0.15, -0.1) is 5.10 Å². The van der Waals surface area contributed by atoms with E-state index in [1.54, 1.807) is 26.7 Å². The maximum atomic E-state index is 12.7. The zero-order valence-electron chi connectivity index (χ0n) is 16.4. The van der Waals surface area contributed by atoms with E-state index in [0.717, 1.165) is 11.3 Å². The fourth-order valence-electron chi connectivity index (χ4n) is 3.44. The van der Waals surface area contributed by atoms with E-state index in [9.17, 15) is 9.59 Å². The molecule has 0 radical (unpaired) electrons. The van der Waals surface area contributed by atoms with Gasteiger partial charge in [0.05, 0.1) is 30.5 Å². The SMILES string of the molecule is CCn1cc(C(=O)NCc2nnn3c2CN(Cc2ccccc2)C(=O)C3C)cn1. The fourth-order valence-corrected chi connectivity index (χ4v) is 3.44. The molecule has 3 aromatic rings. The van der Waals surface area contributed by atoms with Gasteiger partial charge in [-0.3, -0.25) is 14.3 Å². The molecule has 0 saturated carbocycles. The highest BCUT2D eigenvalue weighted by atomic mass is 16.2. The number of carbonyl (C=O) groups excluding carboxylic acids is 2. The third-order valence-corrected chi connectivity index (χ3v) is 5.10. The summed E-state index contributed by atoms with van der Waals surface area (Å²) in [6.07, 6.45) is 3.25. The monoisotopic (exact) mass is 393 g/mol. The van der Waals surface area contributed by atoms with Crippen LogP contribution in [0.5, 0.6) is 0 Å². The van der Waals surface area contributed by atoms with Gasteiger partial charge >= 0.3 is 0 Å². The number of aryl methyl sites for hydroxylation is 1. The van der Waals surface area contributed by atoms with Gasteiger partial charge in [0.15, 0.2) is 0 Å². The van der Waals surface area contributed by atoms with Crippen LogP contribution in [0.1, 0.15) is 47.2 Å². The van der Waals surface area contributed by atoms with Crippen molar-refractivity contribution in [3.8, 4) is 0 Å². The molecule has 1 N–H and O–H groups in total. The Morgan fingerprint density at radius 3 is 2.79 bits per heavy atom. The van der Waals surface area contributed by atoms with Crippen LogP contribution in [-0.2, 0) is 31.0 Å². The van der Waals surface area contributed by atoms with Crippen LogP contribution in [0.2, 0.25) is 0 Å². The molecule has 0 fully saturated rings. The molecule has 2 amide bonds. The van der Waals surface area contributed by atoms with Crippen LogP contribution in [0.4, 0.5) is 0 Å². The Balaban J connectivity index is 1.48. The number of hydrogen-bond acceptors (Lipinski definition) is 5. The number of nitrogens with zero attached hydrogens (tertiary/aromatic N) is 6. The molecule has 0 bridgehead atoms. The molecule has 1 aromatic carbocycles. The molecule has 2 aromatic heterocycles. The maximum absolute atomic E-state index is 12.7. The van der Waals surface area contributed by atoms with Crippen molar-refractivity contribution in [3.63, 3.8) is 0 Å². The first-order valence-corrected chi connectivity index (χ1v) is 9.63. The Morgan fingerprint density at radius 1 is 1.28 bits per heavy atom. The molecule has 150 valence electrons. The van der Waals surface area contributed by atoms with Crippen LogP contribution < -0.4 is 5.32 Å². The van der Waals surface area contributed by atoms with Gasteiger partial charge in [-0.2, -0.15) is 5.10 Å². The first kappa shape index (κ1) is 18.9. The molecule has 29 heavy (non-hydrogen) atoms. The molecule has 1 aliphatic heterocycles. The molecule has 1 aliphatic rings. The summed E-state index contributed by atoms with van der Waals surface area (Å²) in [5, 5.41) is 15.3. The van der Waals surface area contributed by atoms with E-state index in [0.29, 0.717) is 30.9 Å². The zero-order chi connectivity index (χ0) is 20.4. The summed E-state index contributed by atoms with van der Waals surface area (Å²) < 4.78 is 3.35. The molecule has 3 heterocycles. The minimum absolute atomic E-state index is 0.00817. The van der Waals surface area contributed by atoms with Crippen molar-refractivity contribution < 1.29 is 9.59 Å². The number of aromatic nitrogens is 5. The lowest BCUT2D eigenvalue weighted by Crippen LogP contribution is -2.41. The van der Waals surface area contributed by atoms with Gasteiger partial charge in [0.2, 0.25) is 5.91 Å². The molecule has 0 aliphatic carbocycles. The van der Waals surface area contributed by atoms with Gasteiger partial charge in [-0.25, -0.2) is 4.68 Å². The predicted molar refractivity (Wildman–Crippen MR) is 105 cm³/mol. The van der Waals surface area contributed by atoms with E-state index in [-0.39, 0.29) is 18.4 Å². The van der Waals surface area contributed by atoms with E-state index < -0.39 is 6.04 Å². The molecule has 0 spiro atoms. The molecule has 1 unspecified atom stereocenters. The molecular weight excluding hydrogens is 370 g/mol. The quantitative estimate of drug-likeness (QED) is 0.685. The van der Waals surface area contributed by atoms with E-state index >= 15 is 0 Å². The highest BCUT2D eigenvalue weighted by molar-refractivity contribution is 5.93. The number of nitrogens with one attached hydrogen (secondary N) is 1. The van der Waals surface area contributed by atoms with Crippen LogP contribution >= 0.6 is 0 Å². The Hall–Kier alpha value is -3.49. The van der Waals surface area contributed by atoms with Gasteiger partial charge < -0.3 is 10.2 Å². The number of amides is 2. The van der Waals surface area contributed by atoms with Gasteiger partial charge in [0.25, 0.3) is 5.91 Å². The fraction of sp³-hybridized carbons (Fsp3) is 0.350. The number of benzene rings is 1. The summed E-state index contributed by atoms with van der Waals surface area (Å²) in [4.78, 5) is 26.9. The number of hydrogen-bond donors (Lipinski definition) is 1. The molecular formula is C20H23N7O2. The highest BCUT2D eigenvalue weighted by Crippen LogP contribution is 2.24. The molecule has 4 rings (SSSR count). The summed E-state index contributed by atoms with van der Waals surface area (Å²) in [6, 6.07) is 9.44. The van der Waals surface area contributed by atoms with Crippen LogP contribution in [0, 0.1) is 0 Å². The lowest BCUT2D eigenvalue weighted by atomic mass is 10.1. The first-order valence-electron chi connectivity index (χ1n) is 9.63. The van der Waals surface area contributed by atoms with E-state index in [2.05, 4.69) is 20.7 Å². The largest absolute Gasteiger partial charge is 0.346 e. The van der Waals surface area contributed by atoms with Crippen molar-refractivity contribution in [1.82, 2.24) is 35.0 Å². The number of rotatable bonds is 6. The Labute approximate surface area is 168 Å². The Kier molecular flexibility index (Phi) is 5.11. The van der Waals surface area contributed by atoms with E-state index in [1.807, 2.05) is 44.2 Å². The molecule has 9 heteroatoms. The molecule has 0 saturated heterocycles. The van der Waals surface area contributed by atoms with Crippen LogP contribution in [-0.4, -0.2) is 41.5 Å². The topological polar surface area (TPSA) is 97.9 Å². The van der Waals surface area contributed by atoms with Gasteiger partial charge in [-0.1, -0.05) is 35.5 Å². The summed E-state index contributed by atoms with van der Waals surface area (Å²) in [5.41, 5.74) is 3.08. The van der Waals surface area contributed by atoms with Crippen molar-refractivity contribution in [2.24, 2.45) is 0 Å². The normalized spacial score (nSPS) is 16.0. The summed E-state index contributed by atoms with van der Waals surface area (Å²) in [5.74, 6) is -0.207. The zero-order valence-corrected chi connectivity index (χ0v) is 16.4. The summed E-state index contributed by atoms with van der Waals surface area (Å²) in [6.45, 7) is 5.66. The minimum Gasteiger partial charge on any atom is -0.346 e. The smallest absolute Gasteiger partial charge is 0.254 e. The van der Waals surface area contributed by atoms with Gasteiger partial charge in [0, 0.05) is 19.3 Å². The average molecular weight is 393 g/mol. The van der Waals surface area contributed by atoms with Gasteiger partial charge in [0.1, 0.15) is 11.7 Å². The highest BCUT2D eigenvalue weighted by Gasteiger charge is 2.33. The lowest BCUT2D eigenvalue weighted by molar-refractivity contribution is -0.138. The molecule has 9 nitrogen and oxygen atoms in total. The van der Waals surface area contributed by atoms with Crippen molar-refractivity contribution in [3.05, 3.63) is 65.2 Å². The third-order valence-electron chi connectivity index (χ3n) is 5.10. The summed E-state index contributed by atoms with van der Waals surface area (Å²) in [7, 11) is 0. The number of carbonyl (C=O) groups is 2. The van der Waals surface area contributed by atoms with Crippen LogP contribution in [0.25, 0.3) is 0 Å². The minimum atomic E-state index is -0.429. The maximum Gasteiger partial charge on any atom is 0.254 e. The average Bonchev–Trinajstić information content (AvgIpc) is 3.38. The lowest BCUT2D eigenvalue weighted by Gasteiger charge is -2.31. The van der Waals surface area contributed by atoms with Crippen LogP contribution in [0.3, 0.4) is 0 Å². The second-order valence-electron chi connectivity index (χ2n) is 7.05. The van der Waals surface area contributed by atoms with Gasteiger partial charge in [-0.05, 0) is 19.4 Å².